The van der Waals surface area contributed by atoms with Gasteiger partial charge in [0.25, 0.3) is 0 Å². The summed E-state index contributed by atoms with van der Waals surface area (Å²) in [5.41, 5.74) is 10.2. The standard InChI is InChI=1S/C11H18ClN7O/c1-18-11(13)7(5-15-18)9(17-14)10-8(12)6-16-19(10)3-4-20-2/h5-6,9,17H,3-4,13-14H2,1-2H3. The van der Waals surface area contributed by atoms with E-state index in [1.54, 1.807) is 35.9 Å². The van der Waals surface area contributed by atoms with Crippen molar-refractivity contribution in [1.29, 1.82) is 0 Å². The van der Waals surface area contributed by atoms with Gasteiger partial charge in [-0.1, -0.05) is 11.6 Å². The Morgan fingerprint density at radius 1 is 1.45 bits per heavy atom. The molecule has 0 radical (unpaired) electrons. The summed E-state index contributed by atoms with van der Waals surface area (Å²) in [6.45, 7) is 1.09. The van der Waals surface area contributed by atoms with Crippen LogP contribution in [-0.2, 0) is 18.3 Å². The number of hydrazine groups is 1. The molecule has 0 aliphatic carbocycles. The van der Waals surface area contributed by atoms with Crippen molar-refractivity contribution in [3.8, 4) is 0 Å². The number of methoxy groups -OCH3 is 1. The Hall–Kier alpha value is -1.61. The van der Waals surface area contributed by atoms with Crippen LogP contribution in [0.3, 0.4) is 0 Å². The van der Waals surface area contributed by atoms with E-state index in [0.29, 0.717) is 24.0 Å². The van der Waals surface area contributed by atoms with Crippen LogP contribution in [0, 0.1) is 0 Å². The fourth-order valence-corrected chi connectivity index (χ4v) is 2.27. The summed E-state index contributed by atoms with van der Waals surface area (Å²) in [6.07, 6.45) is 3.23. The molecule has 0 aliphatic heterocycles. The molecule has 9 heteroatoms. The summed E-state index contributed by atoms with van der Waals surface area (Å²) in [5, 5.41) is 8.85. The highest BCUT2D eigenvalue weighted by Crippen LogP contribution is 2.30. The molecular formula is C11H18ClN7O. The third-order valence-electron chi connectivity index (χ3n) is 3.11. The molecule has 2 rings (SSSR count). The van der Waals surface area contributed by atoms with Gasteiger partial charge in [0, 0.05) is 19.7 Å². The molecule has 0 bridgehead atoms. The molecule has 0 saturated carbocycles. The van der Waals surface area contributed by atoms with Gasteiger partial charge in [0.2, 0.25) is 0 Å². The number of ether oxygens (including phenoxy) is 1. The van der Waals surface area contributed by atoms with E-state index in [2.05, 4.69) is 15.6 Å². The van der Waals surface area contributed by atoms with Crippen LogP contribution in [-0.4, -0.2) is 33.3 Å². The normalized spacial score (nSPS) is 12.8. The molecule has 20 heavy (non-hydrogen) atoms. The summed E-state index contributed by atoms with van der Waals surface area (Å²) in [7, 11) is 3.39. The first kappa shape index (κ1) is 14.8. The van der Waals surface area contributed by atoms with Crippen molar-refractivity contribution in [3.63, 3.8) is 0 Å². The molecule has 8 nitrogen and oxygen atoms in total. The first-order valence-corrected chi connectivity index (χ1v) is 6.41. The quantitative estimate of drug-likeness (QED) is 0.514. The number of nitrogens with two attached hydrogens (primary N) is 2. The largest absolute Gasteiger partial charge is 0.384 e. The van der Waals surface area contributed by atoms with Crippen molar-refractivity contribution >= 4 is 17.4 Å². The highest BCUT2D eigenvalue weighted by Gasteiger charge is 2.24. The molecule has 0 aliphatic rings. The molecule has 2 heterocycles. The van der Waals surface area contributed by atoms with Crippen LogP contribution in [0.5, 0.6) is 0 Å². The first-order valence-electron chi connectivity index (χ1n) is 6.03. The number of aromatic nitrogens is 4. The minimum atomic E-state index is -0.393. The highest BCUT2D eigenvalue weighted by molar-refractivity contribution is 6.31. The number of hydrogen-bond donors (Lipinski definition) is 3. The topological polar surface area (TPSA) is 109 Å². The number of nitrogen functional groups attached to an aromatic ring is 1. The van der Waals surface area contributed by atoms with Gasteiger partial charge in [-0.05, 0) is 0 Å². The molecule has 0 fully saturated rings. The van der Waals surface area contributed by atoms with Crippen molar-refractivity contribution in [2.45, 2.75) is 12.6 Å². The van der Waals surface area contributed by atoms with E-state index < -0.39 is 6.04 Å². The van der Waals surface area contributed by atoms with Gasteiger partial charge in [0.15, 0.2) is 0 Å². The van der Waals surface area contributed by atoms with Crippen LogP contribution in [0.25, 0.3) is 0 Å². The Balaban J connectivity index is 2.41. The fourth-order valence-electron chi connectivity index (χ4n) is 2.02. The maximum absolute atomic E-state index is 6.22. The minimum Gasteiger partial charge on any atom is -0.384 e. The summed E-state index contributed by atoms with van der Waals surface area (Å²) in [4.78, 5) is 0. The van der Waals surface area contributed by atoms with E-state index in [9.17, 15) is 0 Å². The maximum atomic E-state index is 6.22. The molecule has 0 saturated heterocycles. The molecule has 1 unspecified atom stereocenters. The molecule has 2 aromatic rings. The Labute approximate surface area is 121 Å². The fraction of sp³-hybridized carbons (Fsp3) is 0.455. The van der Waals surface area contributed by atoms with Crippen molar-refractivity contribution in [1.82, 2.24) is 25.0 Å². The molecule has 0 amide bonds. The van der Waals surface area contributed by atoms with Gasteiger partial charge in [-0.25, -0.2) is 5.43 Å². The van der Waals surface area contributed by atoms with Crippen LogP contribution in [0.1, 0.15) is 17.3 Å². The van der Waals surface area contributed by atoms with Crippen LogP contribution >= 0.6 is 11.6 Å². The minimum absolute atomic E-state index is 0.393. The third-order valence-corrected chi connectivity index (χ3v) is 3.40. The summed E-state index contributed by atoms with van der Waals surface area (Å²) < 4.78 is 8.37. The van der Waals surface area contributed by atoms with Gasteiger partial charge in [0.1, 0.15) is 5.82 Å². The van der Waals surface area contributed by atoms with Crippen molar-refractivity contribution < 1.29 is 4.74 Å². The monoisotopic (exact) mass is 299 g/mol. The number of rotatable bonds is 6. The Kier molecular flexibility index (Phi) is 4.61. The van der Waals surface area contributed by atoms with Crippen molar-refractivity contribution in [2.75, 3.05) is 19.5 Å². The van der Waals surface area contributed by atoms with Gasteiger partial charge in [0.05, 0.1) is 42.3 Å². The van der Waals surface area contributed by atoms with Gasteiger partial charge >= 0.3 is 0 Å². The van der Waals surface area contributed by atoms with Gasteiger partial charge in [-0.2, -0.15) is 10.2 Å². The summed E-state index contributed by atoms with van der Waals surface area (Å²) in [5.74, 6) is 6.18. The van der Waals surface area contributed by atoms with Crippen LogP contribution < -0.4 is 17.0 Å². The average Bonchev–Trinajstić information content (AvgIpc) is 2.96. The number of halogens is 1. The third kappa shape index (κ3) is 2.63. The maximum Gasteiger partial charge on any atom is 0.126 e. The number of nitrogens with one attached hydrogen (secondary N) is 1. The smallest absolute Gasteiger partial charge is 0.126 e. The van der Waals surface area contributed by atoms with E-state index in [1.807, 2.05) is 0 Å². The predicted molar refractivity (Wildman–Crippen MR) is 75.9 cm³/mol. The zero-order valence-electron chi connectivity index (χ0n) is 11.4. The van der Waals surface area contributed by atoms with Crippen LogP contribution in [0.4, 0.5) is 5.82 Å². The lowest BCUT2D eigenvalue weighted by Crippen LogP contribution is -2.31. The van der Waals surface area contributed by atoms with Gasteiger partial charge in [-0.15, -0.1) is 0 Å². The van der Waals surface area contributed by atoms with Gasteiger partial charge in [-0.3, -0.25) is 15.2 Å². The lowest BCUT2D eigenvalue weighted by molar-refractivity contribution is 0.182. The van der Waals surface area contributed by atoms with E-state index in [0.717, 1.165) is 11.3 Å². The van der Waals surface area contributed by atoms with Crippen molar-refractivity contribution in [3.05, 3.63) is 28.7 Å². The molecule has 0 aromatic carbocycles. The highest BCUT2D eigenvalue weighted by atomic mass is 35.5. The Morgan fingerprint density at radius 3 is 2.75 bits per heavy atom. The summed E-state index contributed by atoms with van der Waals surface area (Å²) >= 11 is 6.22. The molecular weight excluding hydrogens is 282 g/mol. The molecule has 0 spiro atoms. The SMILES string of the molecule is COCCn1ncc(Cl)c1C(NN)c1cnn(C)c1N. The zero-order valence-corrected chi connectivity index (χ0v) is 12.1. The van der Waals surface area contributed by atoms with E-state index in [1.165, 1.54) is 0 Å². The van der Waals surface area contributed by atoms with Crippen LogP contribution in [0.15, 0.2) is 12.4 Å². The predicted octanol–water partition coefficient (Wildman–Crippen LogP) is 0.0513. The lowest BCUT2D eigenvalue weighted by atomic mass is 10.1. The number of hydrogen-bond acceptors (Lipinski definition) is 6. The Morgan fingerprint density at radius 2 is 2.20 bits per heavy atom. The van der Waals surface area contributed by atoms with Crippen LogP contribution in [0.2, 0.25) is 5.02 Å². The Bertz CT molecular complexity index is 579. The molecule has 5 N–H and O–H groups in total. The summed E-state index contributed by atoms with van der Waals surface area (Å²) in [6, 6.07) is -0.393. The lowest BCUT2D eigenvalue weighted by Gasteiger charge is -2.18. The molecule has 2 aromatic heterocycles. The van der Waals surface area contributed by atoms with E-state index >= 15 is 0 Å². The second-order valence-electron chi connectivity index (χ2n) is 4.30. The van der Waals surface area contributed by atoms with Gasteiger partial charge < -0.3 is 10.5 Å². The van der Waals surface area contributed by atoms with Crippen molar-refractivity contribution in [2.24, 2.45) is 12.9 Å². The number of anilines is 1. The van der Waals surface area contributed by atoms with E-state index in [4.69, 9.17) is 27.9 Å². The average molecular weight is 300 g/mol. The molecule has 1 atom stereocenters. The number of nitrogens with zero attached hydrogens (tertiary/aromatic N) is 4. The number of aryl methyl sites for hydroxylation is 1. The first-order chi connectivity index (χ1) is 9.60. The molecule has 110 valence electrons. The second-order valence-corrected chi connectivity index (χ2v) is 4.71. The second kappa shape index (κ2) is 6.23. The van der Waals surface area contributed by atoms with E-state index in [-0.39, 0.29) is 0 Å². The zero-order chi connectivity index (χ0) is 14.7.